The SMILES string of the molecule is CCN1CCN(C(=O)c2cc(C)c(F)c(F)c2C)CC1. The minimum atomic E-state index is -0.916. The van der Waals surface area contributed by atoms with Crippen LogP contribution in [0.5, 0.6) is 0 Å². The number of hydrogen-bond donors (Lipinski definition) is 0. The summed E-state index contributed by atoms with van der Waals surface area (Å²) in [6.45, 7) is 8.88. The molecular formula is C15H20F2N2O. The van der Waals surface area contributed by atoms with Gasteiger partial charge >= 0.3 is 0 Å². The predicted molar refractivity (Wildman–Crippen MR) is 73.8 cm³/mol. The van der Waals surface area contributed by atoms with Gasteiger partial charge in [-0.3, -0.25) is 4.79 Å². The fourth-order valence-corrected chi connectivity index (χ4v) is 2.50. The third-order valence-corrected chi connectivity index (χ3v) is 3.97. The van der Waals surface area contributed by atoms with Crippen molar-refractivity contribution in [2.24, 2.45) is 0 Å². The van der Waals surface area contributed by atoms with Crippen LogP contribution in [0.25, 0.3) is 0 Å². The van der Waals surface area contributed by atoms with E-state index in [9.17, 15) is 13.6 Å². The minimum absolute atomic E-state index is 0.0935. The summed E-state index contributed by atoms with van der Waals surface area (Å²) in [6.07, 6.45) is 0. The van der Waals surface area contributed by atoms with Crippen LogP contribution in [-0.4, -0.2) is 48.4 Å². The highest BCUT2D eigenvalue weighted by atomic mass is 19.2. The Hall–Kier alpha value is -1.49. The second kappa shape index (κ2) is 5.87. The highest BCUT2D eigenvalue weighted by Crippen LogP contribution is 2.21. The number of hydrogen-bond acceptors (Lipinski definition) is 2. The van der Waals surface area contributed by atoms with E-state index in [-0.39, 0.29) is 22.6 Å². The summed E-state index contributed by atoms with van der Waals surface area (Å²) in [5.74, 6) is -1.99. The molecule has 0 atom stereocenters. The number of nitrogens with zero attached hydrogens (tertiary/aromatic N) is 2. The molecule has 1 aromatic carbocycles. The van der Waals surface area contributed by atoms with Gasteiger partial charge in [-0.15, -0.1) is 0 Å². The predicted octanol–water partition coefficient (Wildman–Crippen LogP) is 2.36. The van der Waals surface area contributed by atoms with E-state index in [4.69, 9.17) is 0 Å². The quantitative estimate of drug-likeness (QED) is 0.831. The lowest BCUT2D eigenvalue weighted by atomic mass is 10.0. The number of aryl methyl sites for hydroxylation is 1. The Morgan fingerprint density at radius 3 is 2.30 bits per heavy atom. The first-order valence-corrected chi connectivity index (χ1v) is 6.92. The van der Waals surface area contributed by atoms with Crippen molar-refractivity contribution in [1.29, 1.82) is 0 Å². The van der Waals surface area contributed by atoms with Crippen LogP contribution < -0.4 is 0 Å². The van der Waals surface area contributed by atoms with Crippen molar-refractivity contribution < 1.29 is 13.6 Å². The van der Waals surface area contributed by atoms with Gasteiger partial charge in [0.05, 0.1) is 0 Å². The summed E-state index contributed by atoms with van der Waals surface area (Å²) >= 11 is 0. The molecule has 0 radical (unpaired) electrons. The number of piperazine rings is 1. The first-order chi connectivity index (χ1) is 9.45. The number of likely N-dealkylation sites (N-methyl/N-ethyl adjacent to an activating group) is 1. The molecule has 0 saturated carbocycles. The van der Waals surface area contributed by atoms with Gasteiger partial charge in [0.1, 0.15) is 0 Å². The highest BCUT2D eigenvalue weighted by molar-refractivity contribution is 5.96. The lowest BCUT2D eigenvalue weighted by Crippen LogP contribution is -2.48. The van der Waals surface area contributed by atoms with Gasteiger partial charge in [0.2, 0.25) is 0 Å². The second-order valence-electron chi connectivity index (χ2n) is 5.22. The largest absolute Gasteiger partial charge is 0.336 e. The second-order valence-corrected chi connectivity index (χ2v) is 5.22. The Morgan fingerprint density at radius 2 is 1.75 bits per heavy atom. The Morgan fingerprint density at radius 1 is 1.15 bits per heavy atom. The molecule has 2 rings (SSSR count). The highest BCUT2D eigenvalue weighted by Gasteiger charge is 2.25. The zero-order chi connectivity index (χ0) is 14.9. The van der Waals surface area contributed by atoms with Gasteiger partial charge in [0, 0.05) is 37.3 Å². The van der Waals surface area contributed by atoms with Crippen LogP contribution in [0.3, 0.4) is 0 Å². The number of carbonyl (C=O) groups excluding carboxylic acids is 1. The summed E-state index contributed by atoms with van der Waals surface area (Å²) in [7, 11) is 0. The fraction of sp³-hybridized carbons (Fsp3) is 0.533. The van der Waals surface area contributed by atoms with Gasteiger partial charge in [0.15, 0.2) is 11.6 Å². The third kappa shape index (κ3) is 2.68. The smallest absolute Gasteiger partial charge is 0.254 e. The van der Waals surface area contributed by atoms with E-state index in [2.05, 4.69) is 11.8 Å². The summed E-state index contributed by atoms with van der Waals surface area (Å²) in [6, 6.07) is 1.45. The molecule has 0 aromatic heterocycles. The van der Waals surface area contributed by atoms with Crippen LogP contribution in [0.1, 0.15) is 28.4 Å². The van der Waals surface area contributed by atoms with Crippen LogP contribution in [-0.2, 0) is 0 Å². The molecule has 1 amide bonds. The molecule has 1 fully saturated rings. The molecule has 5 heteroatoms. The molecule has 1 aliphatic heterocycles. The van der Waals surface area contributed by atoms with Crippen molar-refractivity contribution in [2.45, 2.75) is 20.8 Å². The zero-order valence-electron chi connectivity index (χ0n) is 12.2. The number of amides is 1. The molecule has 0 spiro atoms. The third-order valence-electron chi connectivity index (χ3n) is 3.97. The van der Waals surface area contributed by atoms with E-state index < -0.39 is 11.6 Å². The number of halogens is 2. The monoisotopic (exact) mass is 282 g/mol. The molecule has 0 bridgehead atoms. The maximum absolute atomic E-state index is 13.7. The normalized spacial score (nSPS) is 16.6. The fourth-order valence-electron chi connectivity index (χ4n) is 2.50. The Balaban J connectivity index is 2.22. The van der Waals surface area contributed by atoms with Gasteiger partial charge in [-0.05, 0) is 32.0 Å². The lowest BCUT2D eigenvalue weighted by molar-refractivity contribution is 0.0642. The van der Waals surface area contributed by atoms with Crippen LogP contribution in [0.15, 0.2) is 6.07 Å². The van der Waals surface area contributed by atoms with Gasteiger partial charge in [0.25, 0.3) is 5.91 Å². The number of benzene rings is 1. The molecule has 1 aromatic rings. The van der Waals surface area contributed by atoms with E-state index in [0.717, 1.165) is 19.6 Å². The molecule has 0 N–H and O–H groups in total. The molecule has 1 aliphatic rings. The van der Waals surface area contributed by atoms with Crippen molar-refractivity contribution in [1.82, 2.24) is 9.80 Å². The molecule has 1 saturated heterocycles. The van der Waals surface area contributed by atoms with Crippen molar-refractivity contribution in [3.8, 4) is 0 Å². The molecule has 20 heavy (non-hydrogen) atoms. The summed E-state index contributed by atoms with van der Waals surface area (Å²) in [4.78, 5) is 16.4. The van der Waals surface area contributed by atoms with E-state index >= 15 is 0 Å². The van der Waals surface area contributed by atoms with Crippen LogP contribution >= 0.6 is 0 Å². The van der Waals surface area contributed by atoms with Gasteiger partial charge in [-0.1, -0.05) is 6.92 Å². The van der Waals surface area contributed by atoms with E-state index in [1.807, 2.05) is 0 Å². The van der Waals surface area contributed by atoms with Crippen molar-refractivity contribution >= 4 is 5.91 Å². The van der Waals surface area contributed by atoms with Gasteiger partial charge in [-0.2, -0.15) is 0 Å². The molecule has 0 unspecified atom stereocenters. The average molecular weight is 282 g/mol. The van der Waals surface area contributed by atoms with Gasteiger partial charge in [-0.25, -0.2) is 8.78 Å². The summed E-state index contributed by atoms with van der Waals surface area (Å²) in [5.41, 5.74) is 0.533. The summed E-state index contributed by atoms with van der Waals surface area (Å²) in [5, 5.41) is 0. The number of carbonyl (C=O) groups is 1. The lowest BCUT2D eigenvalue weighted by Gasteiger charge is -2.34. The Kier molecular flexibility index (Phi) is 4.38. The first-order valence-electron chi connectivity index (χ1n) is 6.92. The number of rotatable bonds is 2. The van der Waals surface area contributed by atoms with Crippen molar-refractivity contribution in [3.63, 3.8) is 0 Å². The maximum atomic E-state index is 13.7. The van der Waals surface area contributed by atoms with Crippen LogP contribution in [0.4, 0.5) is 8.78 Å². The molecule has 1 heterocycles. The van der Waals surface area contributed by atoms with Crippen molar-refractivity contribution in [2.75, 3.05) is 32.7 Å². The van der Waals surface area contributed by atoms with Crippen molar-refractivity contribution in [3.05, 3.63) is 34.4 Å². The minimum Gasteiger partial charge on any atom is -0.336 e. The van der Waals surface area contributed by atoms with E-state index in [1.54, 1.807) is 4.90 Å². The molecule has 0 aliphatic carbocycles. The van der Waals surface area contributed by atoms with Crippen LogP contribution in [0.2, 0.25) is 0 Å². The van der Waals surface area contributed by atoms with E-state index in [1.165, 1.54) is 19.9 Å². The summed E-state index contributed by atoms with van der Waals surface area (Å²) < 4.78 is 27.2. The van der Waals surface area contributed by atoms with E-state index in [0.29, 0.717) is 13.1 Å². The van der Waals surface area contributed by atoms with Crippen LogP contribution in [0, 0.1) is 25.5 Å². The Labute approximate surface area is 118 Å². The standard InChI is InChI=1S/C15H20F2N2O/c1-4-18-5-7-19(8-6-18)15(20)12-9-10(2)13(16)14(17)11(12)3/h9H,4-8H2,1-3H3. The average Bonchev–Trinajstić information content (AvgIpc) is 2.48. The first kappa shape index (κ1) is 14.9. The molecular weight excluding hydrogens is 262 g/mol. The zero-order valence-corrected chi connectivity index (χ0v) is 12.2. The van der Waals surface area contributed by atoms with Gasteiger partial charge < -0.3 is 9.80 Å². The molecule has 3 nitrogen and oxygen atoms in total. The molecule has 110 valence electrons. The Bertz CT molecular complexity index is 523. The topological polar surface area (TPSA) is 23.6 Å². The maximum Gasteiger partial charge on any atom is 0.254 e.